The summed E-state index contributed by atoms with van der Waals surface area (Å²) in [5.41, 5.74) is 1.19. The number of para-hydroxylation sites is 1. The number of carbonyl (C=O) groups is 1. The molecule has 0 fully saturated rings. The molecule has 0 aliphatic heterocycles. The number of carbonyl (C=O) groups excluding carboxylic acids is 1. The molecule has 0 aliphatic rings. The average Bonchev–Trinajstić information content (AvgIpc) is 3.28. The number of hydrogen-bond donors (Lipinski definition) is 1. The minimum atomic E-state index is -3.84. The van der Waals surface area contributed by atoms with Crippen LogP contribution in [0.5, 0.6) is 0 Å². The Morgan fingerprint density at radius 2 is 1.56 bits per heavy atom. The lowest BCUT2D eigenvalue weighted by Crippen LogP contribution is -2.27. The highest BCUT2D eigenvalue weighted by Gasteiger charge is 2.22. The predicted octanol–water partition coefficient (Wildman–Crippen LogP) is 3.81. The topological polar surface area (TPSA) is 105 Å². The van der Waals surface area contributed by atoms with Crippen LogP contribution in [0, 0.1) is 0 Å². The second-order valence-corrected chi connectivity index (χ2v) is 8.69. The van der Waals surface area contributed by atoms with Gasteiger partial charge in [0.1, 0.15) is 0 Å². The summed E-state index contributed by atoms with van der Waals surface area (Å²) in [7, 11) is -2.26. The molecule has 1 amide bonds. The van der Waals surface area contributed by atoms with Gasteiger partial charge in [0.2, 0.25) is 11.7 Å². The van der Waals surface area contributed by atoms with Crippen molar-refractivity contribution in [2.24, 2.45) is 0 Å². The fourth-order valence-corrected chi connectivity index (χ4v) is 4.17. The maximum absolute atomic E-state index is 13.1. The van der Waals surface area contributed by atoms with E-state index < -0.39 is 15.9 Å². The Morgan fingerprint density at radius 1 is 0.938 bits per heavy atom. The molecular formula is C23H20N4O4S. The van der Waals surface area contributed by atoms with Crippen molar-refractivity contribution in [1.82, 2.24) is 15.0 Å². The summed E-state index contributed by atoms with van der Waals surface area (Å²) >= 11 is 0. The van der Waals surface area contributed by atoms with Crippen LogP contribution in [0.1, 0.15) is 16.2 Å². The monoisotopic (exact) mass is 448 g/mol. The van der Waals surface area contributed by atoms with Gasteiger partial charge in [0.05, 0.1) is 22.7 Å². The minimum Gasteiger partial charge on any atom is -0.337 e. The molecule has 0 unspecified atom stereocenters. The fourth-order valence-electron chi connectivity index (χ4n) is 3.07. The SMILES string of the molecule is CN(Cc1nc(-c2ccccc2)no1)C(=O)c1ccccc1NS(=O)(=O)c1ccccc1. The molecule has 1 heterocycles. The molecular weight excluding hydrogens is 428 g/mol. The van der Waals surface area contributed by atoms with E-state index in [1.165, 1.54) is 17.0 Å². The normalized spacial score (nSPS) is 11.2. The van der Waals surface area contributed by atoms with Crippen LogP contribution in [-0.2, 0) is 16.6 Å². The first-order chi connectivity index (χ1) is 15.4. The largest absolute Gasteiger partial charge is 0.337 e. The number of benzene rings is 3. The van der Waals surface area contributed by atoms with E-state index in [2.05, 4.69) is 14.9 Å². The number of nitrogens with zero attached hydrogens (tertiary/aromatic N) is 3. The van der Waals surface area contributed by atoms with Crippen molar-refractivity contribution >= 4 is 21.6 Å². The Balaban J connectivity index is 1.52. The van der Waals surface area contributed by atoms with Crippen LogP contribution in [0.2, 0.25) is 0 Å². The quantitative estimate of drug-likeness (QED) is 0.461. The number of nitrogens with one attached hydrogen (secondary N) is 1. The zero-order valence-electron chi connectivity index (χ0n) is 17.2. The molecule has 0 bridgehead atoms. The van der Waals surface area contributed by atoms with E-state index in [0.29, 0.717) is 5.82 Å². The minimum absolute atomic E-state index is 0.0679. The second kappa shape index (κ2) is 9.03. The molecule has 0 saturated carbocycles. The van der Waals surface area contributed by atoms with E-state index in [0.717, 1.165) is 5.56 Å². The van der Waals surface area contributed by atoms with E-state index >= 15 is 0 Å². The van der Waals surface area contributed by atoms with E-state index in [9.17, 15) is 13.2 Å². The molecule has 3 aromatic carbocycles. The van der Waals surface area contributed by atoms with Crippen molar-refractivity contribution in [1.29, 1.82) is 0 Å². The number of sulfonamides is 1. The molecule has 1 N–H and O–H groups in total. The molecule has 9 heteroatoms. The van der Waals surface area contributed by atoms with Gasteiger partial charge in [-0.3, -0.25) is 9.52 Å². The third kappa shape index (κ3) is 4.68. The van der Waals surface area contributed by atoms with Gasteiger partial charge in [-0.1, -0.05) is 65.8 Å². The fraction of sp³-hybridized carbons (Fsp3) is 0.0870. The maximum atomic E-state index is 13.1. The van der Waals surface area contributed by atoms with Crippen LogP contribution in [0.4, 0.5) is 5.69 Å². The molecule has 32 heavy (non-hydrogen) atoms. The highest BCUT2D eigenvalue weighted by atomic mass is 32.2. The summed E-state index contributed by atoms with van der Waals surface area (Å²) < 4.78 is 33.2. The Kier molecular flexibility index (Phi) is 6.00. The molecule has 1 aromatic heterocycles. The molecule has 0 aliphatic carbocycles. The van der Waals surface area contributed by atoms with Gasteiger partial charge in [-0.2, -0.15) is 4.98 Å². The molecule has 0 radical (unpaired) electrons. The summed E-state index contributed by atoms with van der Waals surface area (Å²) in [6.45, 7) is 0.0679. The lowest BCUT2D eigenvalue weighted by atomic mass is 10.1. The maximum Gasteiger partial charge on any atom is 0.261 e. The van der Waals surface area contributed by atoms with Gasteiger partial charge in [0.25, 0.3) is 15.9 Å². The Morgan fingerprint density at radius 3 is 2.28 bits per heavy atom. The third-order valence-corrected chi connectivity index (χ3v) is 6.06. The van der Waals surface area contributed by atoms with Crippen molar-refractivity contribution in [2.45, 2.75) is 11.4 Å². The third-order valence-electron chi connectivity index (χ3n) is 4.67. The molecule has 0 spiro atoms. The lowest BCUT2D eigenvalue weighted by molar-refractivity contribution is 0.0770. The first-order valence-corrected chi connectivity index (χ1v) is 11.2. The summed E-state index contributed by atoms with van der Waals surface area (Å²) in [5, 5.41) is 3.96. The standard InChI is InChI=1S/C23H20N4O4S/c1-27(16-21-24-22(25-31-21)17-10-4-2-5-11-17)23(28)19-14-8-9-15-20(19)26-32(29,30)18-12-6-3-7-13-18/h2-15,26H,16H2,1H3. The van der Waals surface area contributed by atoms with Crippen molar-refractivity contribution in [3.8, 4) is 11.4 Å². The number of amides is 1. The number of hydrogen-bond acceptors (Lipinski definition) is 6. The Hall–Kier alpha value is -3.98. The van der Waals surface area contributed by atoms with E-state index in [-0.39, 0.29) is 28.6 Å². The lowest BCUT2D eigenvalue weighted by Gasteiger charge is -2.18. The summed E-state index contributed by atoms with van der Waals surface area (Å²) in [6.07, 6.45) is 0. The first kappa shape index (κ1) is 21.3. The van der Waals surface area contributed by atoms with Crippen LogP contribution < -0.4 is 4.72 Å². The number of anilines is 1. The number of aromatic nitrogens is 2. The van der Waals surface area contributed by atoms with Gasteiger partial charge in [-0.25, -0.2) is 8.42 Å². The highest BCUT2D eigenvalue weighted by molar-refractivity contribution is 7.92. The van der Waals surface area contributed by atoms with Gasteiger partial charge in [0.15, 0.2) is 0 Å². The van der Waals surface area contributed by atoms with Crippen LogP contribution in [0.25, 0.3) is 11.4 Å². The molecule has 4 aromatic rings. The summed E-state index contributed by atoms with van der Waals surface area (Å²) in [5.74, 6) is 0.301. The van der Waals surface area contributed by atoms with Crippen LogP contribution in [0.15, 0.2) is 94.3 Å². The summed E-state index contributed by atoms with van der Waals surface area (Å²) in [6, 6.07) is 23.7. The van der Waals surface area contributed by atoms with E-state index in [4.69, 9.17) is 4.52 Å². The molecule has 0 saturated heterocycles. The van der Waals surface area contributed by atoms with Gasteiger partial charge >= 0.3 is 0 Å². The van der Waals surface area contributed by atoms with Crippen LogP contribution in [0.3, 0.4) is 0 Å². The average molecular weight is 449 g/mol. The van der Waals surface area contributed by atoms with E-state index in [1.807, 2.05) is 30.3 Å². The molecule has 0 atom stereocenters. The Labute approximate surface area is 185 Å². The van der Waals surface area contributed by atoms with Crippen molar-refractivity contribution in [3.05, 3.63) is 96.4 Å². The van der Waals surface area contributed by atoms with Crippen LogP contribution in [-0.4, -0.2) is 36.4 Å². The van der Waals surface area contributed by atoms with Gasteiger partial charge < -0.3 is 9.42 Å². The Bertz CT molecular complexity index is 1320. The van der Waals surface area contributed by atoms with Gasteiger partial charge in [-0.05, 0) is 24.3 Å². The zero-order valence-corrected chi connectivity index (χ0v) is 18.0. The smallest absolute Gasteiger partial charge is 0.261 e. The predicted molar refractivity (Wildman–Crippen MR) is 119 cm³/mol. The van der Waals surface area contributed by atoms with Crippen LogP contribution >= 0.6 is 0 Å². The molecule has 4 rings (SSSR count). The van der Waals surface area contributed by atoms with Gasteiger partial charge in [0, 0.05) is 12.6 Å². The van der Waals surface area contributed by atoms with Crippen molar-refractivity contribution in [3.63, 3.8) is 0 Å². The zero-order chi connectivity index (χ0) is 22.6. The highest BCUT2D eigenvalue weighted by Crippen LogP contribution is 2.22. The first-order valence-electron chi connectivity index (χ1n) is 9.74. The van der Waals surface area contributed by atoms with Crippen molar-refractivity contribution in [2.75, 3.05) is 11.8 Å². The second-order valence-electron chi connectivity index (χ2n) is 7.00. The number of rotatable bonds is 7. The summed E-state index contributed by atoms with van der Waals surface area (Å²) in [4.78, 5) is 18.9. The van der Waals surface area contributed by atoms with Crippen molar-refractivity contribution < 1.29 is 17.7 Å². The van der Waals surface area contributed by atoms with Gasteiger partial charge in [-0.15, -0.1) is 0 Å². The van der Waals surface area contributed by atoms with E-state index in [1.54, 1.807) is 49.5 Å². The molecule has 162 valence electrons. The molecule has 8 nitrogen and oxygen atoms in total.